The predicted molar refractivity (Wildman–Crippen MR) is 96.7 cm³/mol. The van der Waals surface area contributed by atoms with Crippen molar-refractivity contribution in [3.8, 4) is 0 Å². The van der Waals surface area contributed by atoms with E-state index in [1.807, 2.05) is 4.90 Å². The zero-order chi connectivity index (χ0) is 18.4. The second kappa shape index (κ2) is 8.42. The summed E-state index contributed by atoms with van der Waals surface area (Å²) >= 11 is 0. The first-order chi connectivity index (χ1) is 12.6. The molecule has 2 amide bonds. The van der Waals surface area contributed by atoms with Crippen molar-refractivity contribution in [1.82, 2.24) is 15.2 Å². The smallest absolute Gasteiger partial charge is 0.255 e. The molecule has 2 aromatic rings. The van der Waals surface area contributed by atoms with Crippen LogP contribution in [0.1, 0.15) is 29.6 Å². The summed E-state index contributed by atoms with van der Waals surface area (Å²) in [5.74, 6) is -0.228. The molecule has 0 aliphatic carbocycles. The highest BCUT2D eigenvalue weighted by Crippen LogP contribution is 2.20. The van der Waals surface area contributed by atoms with Gasteiger partial charge in [0.1, 0.15) is 11.6 Å². The van der Waals surface area contributed by atoms with Gasteiger partial charge in [0.15, 0.2) is 0 Å². The lowest BCUT2D eigenvalue weighted by Gasteiger charge is -2.15. The fourth-order valence-corrected chi connectivity index (χ4v) is 2.89. The van der Waals surface area contributed by atoms with Gasteiger partial charge in [0.25, 0.3) is 5.91 Å². The van der Waals surface area contributed by atoms with Crippen molar-refractivity contribution in [3.05, 3.63) is 54.0 Å². The molecule has 1 aromatic carbocycles. The van der Waals surface area contributed by atoms with Crippen LogP contribution in [0.25, 0.3) is 0 Å². The normalized spacial score (nSPS) is 13.7. The largest absolute Gasteiger partial charge is 0.352 e. The number of hydrogen-bond acceptors (Lipinski definition) is 4. The van der Waals surface area contributed by atoms with Crippen molar-refractivity contribution in [2.45, 2.75) is 19.3 Å². The van der Waals surface area contributed by atoms with Crippen LogP contribution in [0.3, 0.4) is 0 Å². The number of para-hydroxylation sites is 1. The van der Waals surface area contributed by atoms with Crippen LogP contribution in [-0.4, -0.2) is 41.3 Å². The highest BCUT2D eigenvalue weighted by Gasteiger charge is 2.19. The number of aromatic nitrogens is 1. The van der Waals surface area contributed by atoms with Gasteiger partial charge in [-0.15, -0.1) is 0 Å². The van der Waals surface area contributed by atoms with Crippen molar-refractivity contribution in [1.29, 1.82) is 0 Å². The molecule has 0 atom stereocenters. The van der Waals surface area contributed by atoms with Crippen molar-refractivity contribution in [2.24, 2.45) is 0 Å². The summed E-state index contributed by atoms with van der Waals surface area (Å²) in [6, 6.07) is 9.51. The number of halogens is 1. The molecule has 6 nitrogen and oxygen atoms in total. The van der Waals surface area contributed by atoms with E-state index in [1.165, 1.54) is 6.07 Å². The number of likely N-dealkylation sites (tertiary alicyclic amines) is 1. The van der Waals surface area contributed by atoms with E-state index in [9.17, 15) is 14.0 Å². The molecule has 136 valence electrons. The Morgan fingerprint density at radius 3 is 2.85 bits per heavy atom. The molecule has 1 aromatic heterocycles. The molecule has 7 heteroatoms. The van der Waals surface area contributed by atoms with Gasteiger partial charge in [-0.25, -0.2) is 9.37 Å². The lowest BCUT2D eigenvalue weighted by atomic mass is 10.2. The molecule has 1 fully saturated rings. The van der Waals surface area contributed by atoms with Crippen LogP contribution < -0.4 is 10.6 Å². The lowest BCUT2D eigenvalue weighted by Crippen LogP contribution is -2.31. The number of anilines is 2. The Labute approximate surface area is 151 Å². The van der Waals surface area contributed by atoms with Gasteiger partial charge in [-0.05, 0) is 37.1 Å². The van der Waals surface area contributed by atoms with E-state index in [1.54, 1.807) is 36.5 Å². The van der Waals surface area contributed by atoms with Crippen LogP contribution >= 0.6 is 0 Å². The van der Waals surface area contributed by atoms with E-state index < -0.39 is 5.82 Å². The number of rotatable bonds is 7. The van der Waals surface area contributed by atoms with Gasteiger partial charge in [-0.1, -0.05) is 12.1 Å². The van der Waals surface area contributed by atoms with Gasteiger partial charge in [0.05, 0.1) is 11.3 Å². The Morgan fingerprint density at radius 2 is 2.08 bits per heavy atom. The van der Waals surface area contributed by atoms with Crippen LogP contribution in [0.2, 0.25) is 0 Å². The van der Waals surface area contributed by atoms with E-state index in [2.05, 4.69) is 15.6 Å². The summed E-state index contributed by atoms with van der Waals surface area (Å²) in [5.41, 5.74) is 0.598. The third kappa shape index (κ3) is 4.36. The number of nitrogens with one attached hydrogen (secondary N) is 2. The molecule has 1 aliphatic rings. The van der Waals surface area contributed by atoms with Gasteiger partial charge < -0.3 is 15.5 Å². The third-order valence-corrected chi connectivity index (χ3v) is 4.24. The first-order valence-electron chi connectivity index (χ1n) is 8.67. The molecule has 0 unspecified atom stereocenters. The van der Waals surface area contributed by atoms with Gasteiger partial charge in [0.2, 0.25) is 5.91 Å². The Balaban J connectivity index is 1.57. The fourth-order valence-electron chi connectivity index (χ4n) is 2.89. The molecule has 0 saturated carbocycles. The zero-order valence-corrected chi connectivity index (χ0v) is 14.4. The number of carbonyl (C=O) groups is 2. The lowest BCUT2D eigenvalue weighted by molar-refractivity contribution is -0.127. The molecule has 1 saturated heterocycles. The predicted octanol–water partition coefficient (Wildman–Crippen LogP) is 2.71. The molecule has 0 spiro atoms. The minimum Gasteiger partial charge on any atom is -0.352 e. The summed E-state index contributed by atoms with van der Waals surface area (Å²) < 4.78 is 13.8. The van der Waals surface area contributed by atoms with Crippen molar-refractivity contribution in [2.75, 3.05) is 25.0 Å². The highest BCUT2D eigenvalue weighted by atomic mass is 19.1. The first-order valence-corrected chi connectivity index (χ1v) is 8.67. The molecular formula is C19H21FN4O2. The van der Waals surface area contributed by atoms with Crippen LogP contribution in [0, 0.1) is 5.82 Å². The number of hydrogen-bond donors (Lipinski definition) is 2. The SMILES string of the molecule is O=C(NCCCN1CCCC1=O)c1cccnc1Nc1ccccc1F. The van der Waals surface area contributed by atoms with Crippen molar-refractivity contribution < 1.29 is 14.0 Å². The fraction of sp³-hybridized carbons (Fsp3) is 0.316. The van der Waals surface area contributed by atoms with Crippen LogP contribution in [0.15, 0.2) is 42.6 Å². The summed E-state index contributed by atoms with van der Waals surface area (Å²) in [4.78, 5) is 30.0. The number of carbonyl (C=O) groups excluding carboxylic acids is 2. The van der Waals surface area contributed by atoms with Crippen LogP contribution in [-0.2, 0) is 4.79 Å². The molecule has 3 rings (SSSR count). The molecule has 1 aliphatic heterocycles. The Kier molecular flexibility index (Phi) is 5.78. The zero-order valence-electron chi connectivity index (χ0n) is 14.4. The van der Waals surface area contributed by atoms with Gasteiger partial charge >= 0.3 is 0 Å². The van der Waals surface area contributed by atoms with Crippen LogP contribution in [0.4, 0.5) is 15.9 Å². The number of benzene rings is 1. The second-order valence-electron chi connectivity index (χ2n) is 6.10. The molecular weight excluding hydrogens is 335 g/mol. The summed E-state index contributed by atoms with van der Waals surface area (Å²) in [6.07, 6.45) is 3.76. The molecule has 0 bridgehead atoms. The number of amides is 2. The van der Waals surface area contributed by atoms with Crippen molar-refractivity contribution in [3.63, 3.8) is 0 Å². The average Bonchev–Trinajstić information content (AvgIpc) is 3.06. The maximum atomic E-state index is 13.8. The highest BCUT2D eigenvalue weighted by molar-refractivity contribution is 5.99. The summed E-state index contributed by atoms with van der Waals surface area (Å²) in [5, 5.41) is 5.69. The monoisotopic (exact) mass is 356 g/mol. The Hall–Kier alpha value is -2.96. The third-order valence-electron chi connectivity index (χ3n) is 4.24. The molecule has 0 radical (unpaired) electrons. The molecule has 2 heterocycles. The van der Waals surface area contributed by atoms with Gasteiger partial charge in [-0.2, -0.15) is 0 Å². The first kappa shape index (κ1) is 17.8. The summed E-state index contributed by atoms with van der Waals surface area (Å²) in [7, 11) is 0. The Morgan fingerprint density at radius 1 is 1.23 bits per heavy atom. The molecule has 26 heavy (non-hydrogen) atoms. The quantitative estimate of drug-likeness (QED) is 0.748. The molecule has 2 N–H and O–H groups in total. The van der Waals surface area contributed by atoms with E-state index in [0.717, 1.165) is 13.0 Å². The minimum atomic E-state index is -0.417. The topological polar surface area (TPSA) is 74.3 Å². The Bertz CT molecular complexity index is 797. The second-order valence-corrected chi connectivity index (χ2v) is 6.10. The van der Waals surface area contributed by atoms with E-state index >= 15 is 0 Å². The number of pyridine rings is 1. The maximum absolute atomic E-state index is 13.8. The maximum Gasteiger partial charge on any atom is 0.255 e. The average molecular weight is 356 g/mol. The van der Waals surface area contributed by atoms with E-state index in [-0.39, 0.29) is 17.5 Å². The minimum absolute atomic E-state index is 0.181. The van der Waals surface area contributed by atoms with Crippen molar-refractivity contribution >= 4 is 23.3 Å². The number of nitrogens with zero attached hydrogens (tertiary/aromatic N) is 2. The standard InChI is InChI=1S/C19H21FN4O2/c20-15-7-1-2-8-16(15)23-18-14(6-3-10-21-18)19(26)22-11-5-13-24-12-4-9-17(24)25/h1-3,6-8,10H,4-5,9,11-13H2,(H,21,23)(H,22,26). The van der Waals surface area contributed by atoms with E-state index in [4.69, 9.17) is 0 Å². The van der Waals surface area contributed by atoms with Crippen LogP contribution in [0.5, 0.6) is 0 Å². The summed E-state index contributed by atoms with van der Waals surface area (Å²) in [6.45, 7) is 1.90. The van der Waals surface area contributed by atoms with Gasteiger partial charge in [0, 0.05) is 32.3 Å². The van der Waals surface area contributed by atoms with E-state index in [0.29, 0.717) is 37.3 Å². The van der Waals surface area contributed by atoms with Gasteiger partial charge in [-0.3, -0.25) is 9.59 Å².